The number of benzene rings is 2. The van der Waals surface area contributed by atoms with Crippen molar-refractivity contribution in [3.05, 3.63) is 63.1 Å². The van der Waals surface area contributed by atoms with E-state index in [1.807, 2.05) is 12.1 Å². The van der Waals surface area contributed by atoms with E-state index in [2.05, 4.69) is 21.2 Å². The molecule has 0 aliphatic heterocycles. The van der Waals surface area contributed by atoms with Gasteiger partial charge in [0.25, 0.3) is 5.91 Å². The van der Waals surface area contributed by atoms with Gasteiger partial charge in [0.05, 0.1) is 16.1 Å². The van der Waals surface area contributed by atoms with Gasteiger partial charge in [-0.05, 0) is 46.3 Å². The number of hydrogen-bond donors (Lipinski definition) is 1. The number of anilines is 1. The van der Waals surface area contributed by atoms with Gasteiger partial charge in [-0.1, -0.05) is 23.7 Å². The number of amides is 1. The maximum Gasteiger partial charge on any atom is 0.256 e. The van der Waals surface area contributed by atoms with E-state index in [4.69, 9.17) is 16.9 Å². The van der Waals surface area contributed by atoms with Crippen LogP contribution in [0.25, 0.3) is 0 Å². The van der Waals surface area contributed by atoms with Crippen LogP contribution in [0.1, 0.15) is 15.9 Å². The van der Waals surface area contributed by atoms with E-state index < -0.39 is 0 Å². The van der Waals surface area contributed by atoms with Gasteiger partial charge in [-0.25, -0.2) is 0 Å². The molecule has 0 atom stereocenters. The second-order valence-electron chi connectivity index (χ2n) is 3.74. The molecule has 0 aromatic heterocycles. The fraction of sp³-hybridized carbons (Fsp3) is 0. The van der Waals surface area contributed by atoms with E-state index >= 15 is 0 Å². The SMILES string of the molecule is N#Cc1cc(NC(=O)c2ccccc2Br)ccc1Cl. The highest BCUT2D eigenvalue weighted by molar-refractivity contribution is 9.10. The molecule has 0 unspecified atom stereocenters. The summed E-state index contributed by atoms with van der Waals surface area (Å²) in [6.07, 6.45) is 0. The van der Waals surface area contributed by atoms with Gasteiger partial charge in [-0.15, -0.1) is 0 Å². The van der Waals surface area contributed by atoms with Crippen molar-refractivity contribution in [2.24, 2.45) is 0 Å². The zero-order chi connectivity index (χ0) is 13.8. The second-order valence-corrected chi connectivity index (χ2v) is 5.00. The minimum atomic E-state index is -0.251. The molecule has 0 fully saturated rings. The summed E-state index contributed by atoms with van der Waals surface area (Å²) in [4.78, 5) is 12.1. The summed E-state index contributed by atoms with van der Waals surface area (Å²) >= 11 is 9.15. The number of nitrogens with zero attached hydrogens (tertiary/aromatic N) is 1. The van der Waals surface area contributed by atoms with Crippen LogP contribution in [0.4, 0.5) is 5.69 Å². The van der Waals surface area contributed by atoms with Crippen molar-refractivity contribution in [2.75, 3.05) is 5.32 Å². The number of hydrogen-bond acceptors (Lipinski definition) is 2. The Morgan fingerprint density at radius 1 is 1.26 bits per heavy atom. The molecule has 0 bridgehead atoms. The maximum atomic E-state index is 12.1. The summed E-state index contributed by atoms with van der Waals surface area (Å²) in [6.45, 7) is 0. The molecule has 3 nitrogen and oxygen atoms in total. The third-order valence-electron chi connectivity index (χ3n) is 2.46. The van der Waals surface area contributed by atoms with E-state index in [-0.39, 0.29) is 5.91 Å². The Morgan fingerprint density at radius 3 is 2.68 bits per heavy atom. The van der Waals surface area contributed by atoms with E-state index in [1.165, 1.54) is 6.07 Å². The molecule has 0 saturated carbocycles. The summed E-state index contributed by atoms with van der Waals surface area (Å²) in [5, 5.41) is 12.0. The van der Waals surface area contributed by atoms with Gasteiger partial charge < -0.3 is 5.32 Å². The summed E-state index contributed by atoms with van der Waals surface area (Å²) < 4.78 is 0.710. The molecule has 1 amide bonds. The topological polar surface area (TPSA) is 52.9 Å². The first-order valence-electron chi connectivity index (χ1n) is 5.37. The predicted octanol–water partition coefficient (Wildman–Crippen LogP) is 4.23. The maximum absolute atomic E-state index is 12.1. The molecule has 1 N–H and O–H groups in total. The van der Waals surface area contributed by atoms with Crippen molar-refractivity contribution in [1.29, 1.82) is 5.26 Å². The highest BCUT2D eigenvalue weighted by Crippen LogP contribution is 2.21. The van der Waals surface area contributed by atoms with Crippen LogP contribution in [-0.2, 0) is 0 Å². The minimum absolute atomic E-state index is 0.251. The van der Waals surface area contributed by atoms with Crippen molar-refractivity contribution in [1.82, 2.24) is 0 Å². The summed E-state index contributed by atoms with van der Waals surface area (Å²) in [5.74, 6) is -0.251. The molecule has 5 heteroatoms. The molecule has 0 heterocycles. The highest BCUT2D eigenvalue weighted by Gasteiger charge is 2.10. The fourth-order valence-electron chi connectivity index (χ4n) is 1.53. The van der Waals surface area contributed by atoms with Crippen LogP contribution < -0.4 is 5.32 Å². The van der Waals surface area contributed by atoms with Crippen molar-refractivity contribution in [2.45, 2.75) is 0 Å². The number of carbonyl (C=O) groups excluding carboxylic acids is 1. The number of rotatable bonds is 2. The zero-order valence-electron chi connectivity index (χ0n) is 9.65. The third kappa shape index (κ3) is 3.14. The summed E-state index contributed by atoms with van der Waals surface area (Å²) in [6, 6.07) is 13.8. The molecular weight excluding hydrogens is 328 g/mol. The molecule has 94 valence electrons. The smallest absolute Gasteiger partial charge is 0.256 e. The lowest BCUT2D eigenvalue weighted by molar-refractivity contribution is 0.102. The van der Waals surface area contributed by atoms with Gasteiger partial charge in [0.15, 0.2) is 0 Å². The lowest BCUT2D eigenvalue weighted by Gasteiger charge is -2.07. The molecule has 2 rings (SSSR count). The Balaban J connectivity index is 2.25. The van der Waals surface area contributed by atoms with E-state index in [9.17, 15) is 4.79 Å². The van der Waals surface area contributed by atoms with Gasteiger partial charge in [0, 0.05) is 10.2 Å². The first-order valence-corrected chi connectivity index (χ1v) is 6.54. The Kier molecular flexibility index (Phi) is 4.20. The van der Waals surface area contributed by atoms with Crippen molar-refractivity contribution < 1.29 is 4.79 Å². The van der Waals surface area contributed by atoms with Crippen molar-refractivity contribution in [3.63, 3.8) is 0 Å². The normalized spacial score (nSPS) is 9.74. The van der Waals surface area contributed by atoms with Gasteiger partial charge >= 0.3 is 0 Å². The first kappa shape index (κ1) is 13.6. The van der Waals surface area contributed by atoms with Crippen LogP contribution in [0.5, 0.6) is 0 Å². The third-order valence-corrected chi connectivity index (χ3v) is 3.48. The monoisotopic (exact) mass is 334 g/mol. The molecule has 0 saturated heterocycles. The van der Waals surface area contributed by atoms with Crippen LogP contribution >= 0.6 is 27.5 Å². The molecule has 0 aliphatic rings. The van der Waals surface area contributed by atoms with Gasteiger partial charge in [0.1, 0.15) is 6.07 Å². The molecular formula is C14H8BrClN2O. The molecule has 0 aliphatic carbocycles. The van der Waals surface area contributed by atoms with E-state index in [0.717, 1.165) is 0 Å². The Morgan fingerprint density at radius 2 is 2.00 bits per heavy atom. The lowest BCUT2D eigenvalue weighted by Crippen LogP contribution is -2.12. The Bertz CT molecular complexity index is 679. The number of nitrogens with one attached hydrogen (secondary N) is 1. The van der Waals surface area contributed by atoms with Gasteiger partial charge in [-0.2, -0.15) is 5.26 Å². The van der Waals surface area contributed by atoms with Crippen LogP contribution in [-0.4, -0.2) is 5.91 Å². The van der Waals surface area contributed by atoms with Crippen molar-refractivity contribution in [3.8, 4) is 6.07 Å². The van der Waals surface area contributed by atoms with Crippen LogP contribution in [0.3, 0.4) is 0 Å². The quantitative estimate of drug-likeness (QED) is 0.893. The van der Waals surface area contributed by atoms with Gasteiger partial charge in [0.2, 0.25) is 0 Å². The van der Waals surface area contributed by atoms with Crippen LogP contribution in [0, 0.1) is 11.3 Å². The number of halogens is 2. The van der Waals surface area contributed by atoms with Crippen molar-refractivity contribution >= 4 is 39.1 Å². The average molecular weight is 336 g/mol. The summed E-state index contributed by atoms with van der Waals surface area (Å²) in [7, 11) is 0. The Hall–Kier alpha value is -1.83. The zero-order valence-corrected chi connectivity index (χ0v) is 12.0. The lowest BCUT2D eigenvalue weighted by atomic mass is 10.2. The fourth-order valence-corrected chi connectivity index (χ4v) is 2.16. The molecule has 0 spiro atoms. The number of nitriles is 1. The minimum Gasteiger partial charge on any atom is -0.322 e. The molecule has 2 aromatic carbocycles. The molecule has 19 heavy (non-hydrogen) atoms. The van der Waals surface area contributed by atoms with Crippen LogP contribution in [0.2, 0.25) is 5.02 Å². The number of carbonyl (C=O) groups is 1. The van der Waals surface area contributed by atoms with E-state index in [0.29, 0.717) is 26.3 Å². The highest BCUT2D eigenvalue weighted by atomic mass is 79.9. The van der Waals surface area contributed by atoms with Gasteiger partial charge in [-0.3, -0.25) is 4.79 Å². The predicted molar refractivity (Wildman–Crippen MR) is 78.3 cm³/mol. The van der Waals surface area contributed by atoms with E-state index in [1.54, 1.807) is 30.3 Å². The largest absolute Gasteiger partial charge is 0.322 e. The summed E-state index contributed by atoms with van der Waals surface area (Å²) in [5.41, 5.74) is 1.38. The van der Waals surface area contributed by atoms with Crippen LogP contribution in [0.15, 0.2) is 46.9 Å². The standard InChI is InChI=1S/C14H8BrClN2O/c15-12-4-2-1-3-11(12)14(19)18-10-5-6-13(16)9(7-10)8-17/h1-7H,(H,18,19). The average Bonchev–Trinajstić information content (AvgIpc) is 2.41. The second kappa shape index (κ2) is 5.87. The molecule has 2 aromatic rings. The Labute approximate surface area is 123 Å². The molecule has 0 radical (unpaired) electrons. The first-order chi connectivity index (χ1) is 9.11.